The first-order valence-electron chi connectivity index (χ1n) is 9.90. The lowest BCUT2D eigenvalue weighted by Gasteiger charge is -2.43. The maximum atomic E-state index is 11.1. The van der Waals surface area contributed by atoms with Gasteiger partial charge in [0.15, 0.2) is 0 Å². The standard InChI is InChI=1S/C21H32N2O3/c1-17(25)22-19-7-5-18(6-8-19)15-23-11-9-21(16-24,10-12-23)14-20-4-2-3-13-26-20/h5-8,20,24H,2-4,9-16H2,1H3,(H,22,25). The van der Waals surface area contributed by atoms with Crippen molar-refractivity contribution < 1.29 is 14.6 Å². The van der Waals surface area contributed by atoms with Gasteiger partial charge in [0.05, 0.1) is 6.10 Å². The molecule has 2 N–H and O–H groups in total. The molecule has 1 aromatic carbocycles. The van der Waals surface area contributed by atoms with Gasteiger partial charge in [-0.1, -0.05) is 12.1 Å². The summed E-state index contributed by atoms with van der Waals surface area (Å²) in [4.78, 5) is 13.6. The maximum absolute atomic E-state index is 11.1. The molecule has 2 saturated heterocycles. The Bertz CT molecular complexity index is 573. The lowest BCUT2D eigenvalue weighted by atomic mass is 9.74. The molecule has 0 aliphatic carbocycles. The summed E-state index contributed by atoms with van der Waals surface area (Å²) >= 11 is 0. The van der Waals surface area contributed by atoms with Gasteiger partial charge < -0.3 is 15.2 Å². The summed E-state index contributed by atoms with van der Waals surface area (Å²) in [6.07, 6.45) is 6.99. The highest BCUT2D eigenvalue weighted by molar-refractivity contribution is 5.88. The van der Waals surface area contributed by atoms with Gasteiger partial charge in [-0.25, -0.2) is 0 Å². The molecule has 0 spiro atoms. The van der Waals surface area contributed by atoms with Gasteiger partial charge in [-0.15, -0.1) is 0 Å². The van der Waals surface area contributed by atoms with Crippen LogP contribution in [-0.2, 0) is 16.1 Å². The molecule has 1 atom stereocenters. The molecule has 144 valence electrons. The first-order chi connectivity index (χ1) is 12.6. The number of aliphatic hydroxyl groups is 1. The topological polar surface area (TPSA) is 61.8 Å². The predicted octanol–water partition coefficient (Wildman–Crippen LogP) is 3.18. The number of carbonyl (C=O) groups excluding carboxylic acids is 1. The van der Waals surface area contributed by atoms with Crippen molar-refractivity contribution in [3.63, 3.8) is 0 Å². The number of aliphatic hydroxyl groups excluding tert-OH is 1. The Balaban J connectivity index is 1.49. The number of hydrogen-bond donors (Lipinski definition) is 2. The largest absolute Gasteiger partial charge is 0.396 e. The molecule has 2 aliphatic heterocycles. The molecule has 0 aromatic heterocycles. The van der Waals surface area contributed by atoms with Gasteiger partial charge in [0.1, 0.15) is 0 Å². The lowest BCUT2D eigenvalue weighted by Crippen LogP contribution is -2.44. The highest BCUT2D eigenvalue weighted by Gasteiger charge is 2.36. The molecule has 1 unspecified atom stereocenters. The van der Waals surface area contributed by atoms with E-state index in [0.717, 1.165) is 57.6 Å². The van der Waals surface area contributed by atoms with E-state index in [2.05, 4.69) is 22.3 Å². The fourth-order valence-electron chi connectivity index (χ4n) is 4.22. The molecular formula is C21H32N2O3. The fraction of sp³-hybridized carbons (Fsp3) is 0.667. The molecule has 5 heteroatoms. The number of nitrogens with zero attached hydrogens (tertiary/aromatic N) is 1. The second-order valence-corrected chi connectivity index (χ2v) is 8.01. The van der Waals surface area contributed by atoms with E-state index in [4.69, 9.17) is 4.74 Å². The Morgan fingerprint density at radius 1 is 1.27 bits per heavy atom. The SMILES string of the molecule is CC(=O)Nc1ccc(CN2CCC(CO)(CC3CCCCO3)CC2)cc1. The van der Waals surface area contributed by atoms with Crippen molar-refractivity contribution in [2.45, 2.75) is 58.1 Å². The third kappa shape index (κ3) is 5.29. The highest BCUT2D eigenvalue weighted by Crippen LogP contribution is 2.38. The van der Waals surface area contributed by atoms with Crippen LogP contribution < -0.4 is 5.32 Å². The summed E-state index contributed by atoms with van der Waals surface area (Å²) in [5, 5.41) is 12.8. The highest BCUT2D eigenvalue weighted by atomic mass is 16.5. The van der Waals surface area contributed by atoms with Crippen molar-refractivity contribution in [2.75, 3.05) is 31.6 Å². The van der Waals surface area contributed by atoms with Crippen LogP contribution >= 0.6 is 0 Å². The molecule has 2 heterocycles. The van der Waals surface area contributed by atoms with Gasteiger partial charge in [0.25, 0.3) is 0 Å². The second kappa shape index (κ2) is 8.98. The predicted molar refractivity (Wildman–Crippen MR) is 103 cm³/mol. The summed E-state index contributed by atoms with van der Waals surface area (Å²) in [6, 6.07) is 8.07. The van der Waals surface area contributed by atoms with Crippen LogP contribution in [0.15, 0.2) is 24.3 Å². The van der Waals surface area contributed by atoms with Crippen molar-refractivity contribution in [3.05, 3.63) is 29.8 Å². The van der Waals surface area contributed by atoms with Gasteiger partial charge in [0, 0.05) is 32.4 Å². The van der Waals surface area contributed by atoms with Crippen LogP contribution in [0.5, 0.6) is 0 Å². The zero-order chi connectivity index (χ0) is 18.4. The molecule has 0 bridgehead atoms. The quantitative estimate of drug-likeness (QED) is 0.818. The van der Waals surface area contributed by atoms with Crippen LogP contribution in [0.4, 0.5) is 5.69 Å². The first kappa shape index (κ1) is 19.3. The van der Waals surface area contributed by atoms with Gasteiger partial charge >= 0.3 is 0 Å². The van der Waals surface area contributed by atoms with Gasteiger partial charge in [-0.05, 0) is 74.7 Å². The van der Waals surface area contributed by atoms with Crippen molar-refractivity contribution in [1.82, 2.24) is 4.90 Å². The number of hydrogen-bond acceptors (Lipinski definition) is 4. The van der Waals surface area contributed by atoms with Crippen molar-refractivity contribution >= 4 is 11.6 Å². The summed E-state index contributed by atoms with van der Waals surface area (Å²) in [6.45, 7) is 5.62. The van der Waals surface area contributed by atoms with Crippen molar-refractivity contribution in [1.29, 1.82) is 0 Å². The average molecular weight is 360 g/mol. The Hall–Kier alpha value is -1.43. The summed E-state index contributed by atoms with van der Waals surface area (Å²) in [7, 11) is 0. The van der Waals surface area contributed by atoms with Crippen LogP contribution in [0, 0.1) is 5.41 Å². The van der Waals surface area contributed by atoms with E-state index >= 15 is 0 Å². The van der Waals surface area contributed by atoms with E-state index < -0.39 is 0 Å². The zero-order valence-electron chi connectivity index (χ0n) is 15.9. The molecule has 1 aromatic rings. The Labute approximate surface area is 156 Å². The maximum Gasteiger partial charge on any atom is 0.221 e. The fourth-order valence-corrected chi connectivity index (χ4v) is 4.22. The molecule has 1 amide bonds. The molecule has 0 saturated carbocycles. The smallest absolute Gasteiger partial charge is 0.221 e. The number of amides is 1. The van der Waals surface area contributed by atoms with E-state index in [9.17, 15) is 9.90 Å². The number of ether oxygens (including phenoxy) is 1. The van der Waals surface area contributed by atoms with Crippen LogP contribution in [-0.4, -0.2) is 48.3 Å². The van der Waals surface area contributed by atoms with E-state index in [1.54, 1.807) is 0 Å². The van der Waals surface area contributed by atoms with Gasteiger partial charge in [-0.3, -0.25) is 9.69 Å². The molecule has 2 aliphatic rings. The molecular weight excluding hydrogens is 328 g/mol. The number of carbonyl (C=O) groups is 1. The molecule has 5 nitrogen and oxygen atoms in total. The van der Waals surface area contributed by atoms with Crippen LogP contribution in [0.25, 0.3) is 0 Å². The lowest BCUT2D eigenvalue weighted by molar-refractivity contribution is -0.114. The zero-order valence-corrected chi connectivity index (χ0v) is 15.9. The van der Waals surface area contributed by atoms with E-state index in [1.807, 2.05) is 12.1 Å². The van der Waals surface area contributed by atoms with Gasteiger partial charge in [-0.2, -0.15) is 0 Å². The molecule has 3 rings (SSSR count). The number of nitrogens with one attached hydrogen (secondary N) is 1. The number of rotatable bonds is 6. The van der Waals surface area contributed by atoms with Crippen LogP contribution in [0.2, 0.25) is 0 Å². The van der Waals surface area contributed by atoms with Crippen LogP contribution in [0.3, 0.4) is 0 Å². The summed E-state index contributed by atoms with van der Waals surface area (Å²) < 4.78 is 5.91. The van der Waals surface area contributed by atoms with Crippen LogP contribution in [0.1, 0.15) is 51.0 Å². The monoisotopic (exact) mass is 360 g/mol. The minimum atomic E-state index is -0.0453. The van der Waals surface area contributed by atoms with E-state index in [0.29, 0.717) is 6.10 Å². The molecule has 26 heavy (non-hydrogen) atoms. The number of likely N-dealkylation sites (tertiary alicyclic amines) is 1. The molecule has 0 radical (unpaired) electrons. The third-order valence-corrected chi connectivity index (χ3v) is 5.87. The molecule has 2 fully saturated rings. The normalized spacial score (nSPS) is 23.5. The Morgan fingerprint density at radius 2 is 2.00 bits per heavy atom. The minimum Gasteiger partial charge on any atom is -0.396 e. The number of anilines is 1. The van der Waals surface area contributed by atoms with E-state index in [-0.39, 0.29) is 17.9 Å². The average Bonchev–Trinajstić information content (AvgIpc) is 2.65. The number of benzene rings is 1. The van der Waals surface area contributed by atoms with Crippen molar-refractivity contribution in [3.8, 4) is 0 Å². The first-order valence-corrected chi connectivity index (χ1v) is 9.90. The minimum absolute atomic E-state index is 0.0355. The Kier molecular flexibility index (Phi) is 6.68. The van der Waals surface area contributed by atoms with E-state index in [1.165, 1.54) is 25.3 Å². The third-order valence-electron chi connectivity index (χ3n) is 5.87. The van der Waals surface area contributed by atoms with Crippen molar-refractivity contribution in [2.24, 2.45) is 5.41 Å². The Morgan fingerprint density at radius 3 is 2.58 bits per heavy atom. The summed E-state index contributed by atoms with van der Waals surface area (Å²) in [5.41, 5.74) is 2.13. The second-order valence-electron chi connectivity index (χ2n) is 8.01. The summed E-state index contributed by atoms with van der Waals surface area (Å²) in [5.74, 6) is -0.0453. The van der Waals surface area contributed by atoms with Gasteiger partial charge in [0.2, 0.25) is 5.91 Å². The number of piperidine rings is 1.